The highest BCUT2D eigenvalue weighted by Gasteiger charge is 2.20. The molecule has 0 saturated heterocycles. The Morgan fingerprint density at radius 3 is 2.87 bits per heavy atom. The Labute approximate surface area is 92.3 Å². The smallest absolute Gasteiger partial charge is 0.188 e. The summed E-state index contributed by atoms with van der Waals surface area (Å²) in [5, 5.41) is 3.05. The van der Waals surface area contributed by atoms with E-state index in [9.17, 15) is 0 Å². The predicted molar refractivity (Wildman–Crippen MR) is 62.9 cm³/mol. The van der Waals surface area contributed by atoms with E-state index >= 15 is 0 Å². The molecular weight excluding hydrogens is 190 g/mol. The molecule has 1 aliphatic carbocycles. The largest absolute Gasteiger partial charge is 0.381 e. The zero-order chi connectivity index (χ0) is 11.1. The number of hydrogen-bond acceptors (Lipinski definition) is 2. The van der Waals surface area contributed by atoms with Crippen LogP contribution in [0.5, 0.6) is 0 Å². The summed E-state index contributed by atoms with van der Waals surface area (Å²) < 4.78 is 5.49. The average Bonchev–Trinajstić information content (AvgIpc) is 2.93. The first-order valence-corrected chi connectivity index (χ1v) is 5.82. The zero-order valence-electron chi connectivity index (χ0n) is 9.83. The summed E-state index contributed by atoms with van der Waals surface area (Å²) in [7, 11) is 0. The van der Waals surface area contributed by atoms with E-state index in [4.69, 9.17) is 10.5 Å². The molecule has 1 aliphatic rings. The molecule has 0 aliphatic heterocycles. The SMILES string of the molecule is CC(C)NC(N)=NCCCOCC1CC1. The van der Waals surface area contributed by atoms with Crippen molar-refractivity contribution in [1.82, 2.24) is 5.32 Å². The molecule has 3 N–H and O–H groups in total. The van der Waals surface area contributed by atoms with E-state index in [0.717, 1.165) is 32.1 Å². The van der Waals surface area contributed by atoms with Gasteiger partial charge >= 0.3 is 0 Å². The van der Waals surface area contributed by atoms with Gasteiger partial charge in [-0.2, -0.15) is 0 Å². The van der Waals surface area contributed by atoms with Crippen LogP contribution < -0.4 is 11.1 Å². The number of aliphatic imine (C=N–C) groups is 1. The molecule has 1 fully saturated rings. The topological polar surface area (TPSA) is 59.6 Å². The fourth-order valence-electron chi connectivity index (χ4n) is 1.24. The second kappa shape index (κ2) is 6.67. The lowest BCUT2D eigenvalue weighted by Crippen LogP contribution is -2.36. The van der Waals surface area contributed by atoms with Gasteiger partial charge in [0.1, 0.15) is 0 Å². The second-order valence-electron chi connectivity index (χ2n) is 4.44. The number of nitrogens with zero attached hydrogens (tertiary/aromatic N) is 1. The summed E-state index contributed by atoms with van der Waals surface area (Å²) in [5.41, 5.74) is 5.65. The van der Waals surface area contributed by atoms with Crippen molar-refractivity contribution in [2.24, 2.45) is 16.6 Å². The van der Waals surface area contributed by atoms with Gasteiger partial charge in [0.25, 0.3) is 0 Å². The molecule has 0 bridgehead atoms. The molecule has 0 spiro atoms. The lowest BCUT2D eigenvalue weighted by atomic mass is 10.4. The van der Waals surface area contributed by atoms with Gasteiger partial charge in [-0.3, -0.25) is 4.99 Å². The summed E-state index contributed by atoms with van der Waals surface area (Å²) in [6, 6.07) is 0.347. The maximum Gasteiger partial charge on any atom is 0.188 e. The Morgan fingerprint density at radius 1 is 1.53 bits per heavy atom. The third-order valence-corrected chi connectivity index (χ3v) is 2.22. The lowest BCUT2D eigenvalue weighted by molar-refractivity contribution is 0.123. The van der Waals surface area contributed by atoms with E-state index in [1.54, 1.807) is 0 Å². The average molecular weight is 213 g/mol. The van der Waals surface area contributed by atoms with Crippen LogP contribution in [0.3, 0.4) is 0 Å². The van der Waals surface area contributed by atoms with Gasteiger partial charge in [-0.15, -0.1) is 0 Å². The van der Waals surface area contributed by atoms with Crippen molar-refractivity contribution >= 4 is 5.96 Å². The second-order valence-corrected chi connectivity index (χ2v) is 4.44. The Morgan fingerprint density at radius 2 is 2.27 bits per heavy atom. The van der Waals surface area contributed by atoms with Crippen LogP contribution in [0.4, 0.5) is 0 Å². The molecule has 0 aromatic carbocycles. The van der Waals surface area contributed by atoms with Crippen LogP contribution in [0.15, 0.2) is 4.99 Å². The van der Waals surface area contributed by atoms with Crippen molar-refractivity contribution in [2.75, 3.05) is 19.8 Å². The van der Waals surface area contributed by atoms with Crippen LogP contribution in [0, 0.1) is 5.92 Å². The van der Waals surface area contributed by atoms with Crippen molar-refractivity contribution in [2.45, 2.75) is 39.2 Å². The predicted octanol–water partition coefficient (Wildman–Crippen LogP) is 1.12. The van der Waals surface area contributed by atoms with E-state index in [2.05, 4.69) is 10.3 Å². The molecule has 0 atom stereocenters. The Kier molecular flexibility index (Phi) is 5.47. The highest BCUT2D eigenvalue weighted by Crippen LogP contribution is 2.28. The van der Waals surface area contributed by atoms with Crippen molar-refractivity contribution in [1.29, 1.82) is 0 Å². The molecule has 0 aromatic heterocycles. The van der Waals surface area contributed by atoms with Gasteiger partial charge in [-0.1, -0.05) is 0 Å². The van der Waals surface area contributed by atoms with E-state index < -0.39 is 0 Å². The van der Waals surface area contributed by atoms with Crippen LogP contribution in [-0.2, 0) is 4.74 Å². The molecule has 1 saturated carbocycles. The molecule has 4 heteroatoms. The van der Waals surface area contributed by atoms with Crippen LogP contribution in [0.2, 0.25) is 0 Å². The minimum atomic E-state index is 0.347. The third kappa shape index (κ3) is 7.19. The molecule has 4 nitrogen and oxygen atoms in total. The minimum absolute atomic E-state index is 0.347. The third-order valence-electron chi connectivity index (χ3n) is 2.22. The standard InChI is InChI=1S/C11H23N3O/c1-9(2)14-11(12)13-6-3-7-15-8-10-4-5-10/h9-10H,3-8H2,1-2H3,(H3,12,13,14). The number of nitrogens with one attached hydrogen (secondary N) is 1. The summed E-state index contributed by atoms with van der Waals surface area (Å²) in [6.45, 7) is 6.57. The van der Waals surface area contributed by atoms with Crippen LogP contribution in [-0.4, -0.2) is 31.8 Å². The molecule has 0 radical (unpaired) electrons. The number of nitrogens with two attached hydrogens (primary N) is 1. The van der Waals surface area contributed by atoms with E-state index in [0.29, 0.717) is 12.0 Å². The molecule has 0 unspecified atom stereocenters. The molecule has 0 heterocycles. The van der Waals surface area contributed by atoms with Gasteiger partial charge in [0.15, 0.2) is 5.96 Å². The fourth-order valence-corrected chi connectivity index (χ4v) is 1.24. The van der Waals surface area contributed by atoms with Gasteiger partial charge in [0, 0.05) is 25.8 Å². The first-order valence-electron chi connectivity index (χ1n) is 5.82. The van der Waals surface area contributed by atoms with Crippen molar-refractivity contribution in [3.63, 3.8) is 0 Å². The number of guanidine groups is 1. The zero-order valence-corrected chi connectivity index (χ0v) is 9.83. The molecule has 1 rings (SSSR count). The Bertz CT molecular complexity index is 200. The van der Waals surface area contributed by atoms with Gasteiger partial charge in [-0.25, -0.2) is 0 Å². The van der Waals surface area contributed by atoms with Crippen molar-refractivity contribution < 1.29 is 4.74 Å². The lowest BCUT2D eigenvalue weighted by Gasteiger charge is -2.08. The van der Waals surface area contributed by atoms with E-state index in [1.807, 2.05) is 13.8 Å². The molecule has 0 amide bonds. The number of rotatable bonds is 7. The quantitative estimate of drug-likeness (QED) is 0.378. The maximum atomic E-state index is 5.65. The fraction of sp³-hybridized carbons (Fsp3) is 0.909. The van der Waals surface area contributed by atoms with Gasteiger partial charge < -0.3 is 15.8 Å². The number of ether oxygens (including phenoxy) is 1. The molecule has 15 heavy (non-hydrogen) atoms. The van der Waals surface area contributed by atoms with Crippen molar-refractivity contribution in [3.8, 4) is 0 Å². The highest BCUT2D eigenvalue weighted by atomic mass is 16.5. The summed E-state index contributed by atoms with van der Waals surface area (Å²) in [4.78, 5) is 4.20. The van der Waals surface area contributed by atoms with Gasteiger partial charge in [-0.05, 0) is 39.0 Å². The molecular formula is C11H23N3O. The normalized spacial score (nSPS) is 17.1. The van der Waals surface area contributed by atoms with Gasteiger partial charge in [0.2, 0.25) is 0 Å². The Hall–Kier alpha value is -0.770. The summed E-state index contributed by atoms with van der Waals surface area (Å²) in [5.74, 6) is 1.38. The monoisotopic (exact) mass is 213 g/mol. The van der Waals surface area contributed by atoms with E-state index in [-0.39, 0.29) is 0 Å². The van der Waals surface area contributed by atoms with Gasteiger partial charge in [0.05, 0.1) is 0 Å². The summed E-state index contributed by atoms with van der Waals surface area (Å²) in [6.07, 6.45) is 3.65. The van der Waals surface area contributed by atoms with Crippen molar-refractivity contribution in [3.05, 3.63) is 0 Å². The molecule has 88 valence electrons. The maximum absolute atomic E-state index is 5.65. The van der Waals surface area contributed by atoms with Crippen LogP contribution >= 0.6 is 0 Å². The Balaban J connectivity index is 1.89. The van der Waals surface area contributed by atoms with Crippen LogP contribution in [0.25, 0.3) is 0 Å². The number of hydrogen-bond donors (Lipinski definition) is 2. The highest BCUT2D eigenvalue weighted by molar-refractivity contribution is 5.77. The first kappa shape index (κ1) is 12.3. The summed E-state index contributed by atoms with van der Waals surface area (Å²) >= 11 is 0. The van der Waals surface area contributed by atoms with E-state index in [1.165, 1.54) is 12.8 Å². The molecule has 0 aromatic rings. The first-order chi connectivity index (χ1) is 7.18. The minimum Gasteiger partial charge on any atom is -0.381 e. The van der Waals surface area contributed by atoms with Crippen LogP contribution in [0.1, 0.15) is 33.1 Å².